The van der Waals surface area contributed by atoms with Crippen molar-refractivity contribution in [1.82, 2.24) is 5.32 Å². The highest BCUT2D eigenvalue weighted by Crippen LogP contribution is 2.24. The molecule has 0 saturated heterocycles. The van der Waals surface area contributed by atoms with Crippen LogP contribution in [0.4, 0.5) is 5.69 Å². The molecule has 128 valence electrons. The zero-order valence-electron chi connectivity index (χ0n) is 13.7. The summed E-state index contributed by atoms with van der Waals surface area (Å²) in [6.45, 7) is 3.64. The largest absolute Gasteiger partial charge is 0.496 e. The molecule has 0 aromatic heterocycles. The molecule has 0 saturated carbocycles. The number of para-hydroxylation sites is 1. The zero-order chi connectivity index (χ0) is 17.7. The molecule has 1 amide bonds. The van der Waals surface area contributed by atoms with E-state index in [1.165, 1.54) is 25.3 Å². The number of carbonyl (C=O) groups excluding carboxylic acids is 1. The molecule has 0 unspecified atom stereocenters. The van der Waals surface area contributed by atoms with Gasteiger partial charge in [-0.3, -0.25) is 9.52 Å². The summed E-state index contributed by atoms with van der Waals surface area (Å²) in [7, 11) is -2.38. The maximum Gasteiger partial charge on any atom is 0.261 e. The normalized spacial score (nSPS) is 11.2. The molecule has 2 N–H and O–H groups in total. The van der Waals surface area contributed by atoms with Crippen molar-refractivity contribution in [2.24, 2.45) is 0 Å². The summed E-state index contributed by atoms with van der Waals surface area (Å²) in [5.74, 6) is -0.0783. The van der Waals surface area contributed by atoms with Crippen molar-refractivity contribution >= 4 is 21.6 Å². The summed E-state index contributed by atoms with van der Waals surface area (Å²) in [6, 6.07) is 12.6. The van der Waals surface area contributed by atoms with Crippen LogP contribution >= 0.6 is 0 Å². The van der Waals surface area contributed by atoms with Crippen molar-refractivity contribution in [1.29, 1.82) is 0 Å². The van der Waals surface area contributed by atoms with Crippen molar-refractivity contribution in [3.05, 3.63) is 54.1 Å². The second-order valence-corrected chi connectivity index (χ2v) is 7.14. The molecule has 0 fully saturated rings. The van der Waals surface area contributed by atoms with Gasteiger partial charge in [-0.15, -0.1) is 0 Å². The highest BCUT2D eigenvalue weighted by molar-refractivity contribution is 7.92. The van der Waals surface area contributed by atoms with Crippen LogP contribution in [0, 0.1) is 0 Å². The standard InChI is InChI=1S/C17H20N2O4S/c1-12(2)18-17(20)15-11-14(9-10-16(15)23-3)24(21,22)19-13-7-5-4-6-8-13/h4-12,19H,1-3H3,(H,18,20). The van der Waals surface area contributed by atoms with E-state index in [0.29, 0.717) is 11.4 Å². The SMILES string of the molecule is COc1ccc(S(=O)(=O)Nc2ccccc2)cc1C(=O)NC(C)C. The van der Waals surface area contributed by atoms with Crippen LogP contribution in [0.5, 0.6) is 5.75 Å². The van der Waals surface area contributed by atoms with Crippen LogP contribution in [-0.4, -0.2) is 27.5 Å². The van der Waals surface area contributed by atoms with Crippen molar-refractivity contribution in [3.8, 4) is 5.75 Å². The zero-order valence-corrected chi connectivity index (χ0v) is 14.6. The first kappa shape index (κ1) is 17.8. The minimum absolute atomic E-state index is 0.0129. The van der Waals surface area contributed by atoms with E-state index in [2.05, 4.69) is 10.0 Å². The predicted octanol–water partition coefficient (Wildman–Crippen LogP) is 2.63. The number of rotatable bonds is 6. The molecule has 0 heterocycles. The quantitative estimate of drug-likeness (QED) is 0.840. The minimum Gasteiger partial charge on any atom is -0.496 e. The van der Waals surface area contributed by atoms with Gasteiger partial charge >= 0.3 is 0 Å². The molecule has 6 nitrogen and oxygen atoms in total. The van der Waals surface area contributed by atoms with E-state index < -0.39 is 15.9 Å². The molecule has 0 aliphatic carbocycles. The second-order valence-electron chi connectivity index (χ2n) is 5.46. The van der Waals surface area contributed by atoms with Gasteiger partial charge in [0.2, 0.25) is 0 Å². The highest BCUT2D eigenvalue weighted by Gasteiger charge is 2.20. The topological polar surface area (TPSA) is 84.5 Å². The lowest BCUT2D eigenvalue weighted by molar-refractivity contribution is 0.0940. The Labute approximate surface area is 141 Å². The first-order valence-corrected chi connectivity index (χ1v) is 8.88. The number of methoxy groups -OCH3 is 1. The number of sulfonamides is 1. The summed E-state index contributed by atoms with van der Waals surface area (Å²) in [5, 5.41) is 2.73. The molecule has 0 bridgehead atoms. The number of nitrogens with one attached hydrogen (secondary N) is 2. The first-order valence-electron chi connectivity index (χ1n) is 7.40. The van der Waals surface area contributed by atoms with Gasteiger partial charge in [0.05, 0.1) is 17.6 Å². The maximum absolute atomic E-state index is 12.5. The Bertz CT molecular complexity index is 818. The van der Waals surface area contributed by atoms with Crippen LogP contribution < -0.4 is 14.8 Å². The molecule has 0 aliphatic heterocycles. The van der Waals surface area contributed by atoms with Gasteiger partial charge in [-0.2, -0.15) is 0 Å². The van der Waals surface area contributed by atoms with Gasteiger partial charge in [0.1, 0.15) is 5.75 Å². The van der Waals surface area contributed by atoms with Gasteiger partial charge in [-0.25, -0.2) is 8.42 Å². The predicted molar refractivity (Wildman–Crippen MR) is 92.8 cm³/mol. The minimum atomic E-state index is -3.81. The molecule has 0 radical (unpaired) electrons. The van der Waals surface area contributed by atoms with Crippen molar-refractivity contribution in [3.63, 3.8) is 0 Å². The van der Waals surface area contributed by atoms with Crippen LogP contribution in [0.15, 0.2) is 53.4 Å². The molecule has 0 spiro atoms. The van der Waals surface area contributed by atoms with Gasteiger partial charge in [0.15, 0.2) is 0 Å². The lowest BCUT2D eigenvalue weighted by Gasteiger charge is -2.14. The molecule has 7 heteroatoms. The number of carbonyl (C=O) groups is 1. The van der Waals surface area contributed by atoms with Gasteiger partial charge in [0, 0.05) is 11.7 Å². The Hall–Kier alpha value is -2.54. The average molecular weight is 348 g/mol. The molecular weight excluding hydrogens is 328 g/mol. The third-order valence-corrected chi connectivity index (χ3v) is 4.55. The third kappa shape index (κ3) is 4.26. The van der Waals surface area contributed by atoms with Crippen LogP contribution in [-0.2, 0) is 10.0 Å². The molecule has 2 rings (SSSR count). The van der Waals surface area contributed by atoms with Crippen molar-refractivity contribution in [2.45, 2.75) is 24.8 Å². The molecule has 2 aromatic rings. The number of hydrogen-bond donors (Lipinski definition) is 2. The van der Waals surface area contributed by atoms with Gasteiger partial charge in [0.25, 0.3) is 15.9 Å². The monoisotopic (exact) mass is 348 g/mol. The molecule has 0 atom stereocenters. The van der Waals surface area contributed by atoms with Crippen LogP contribution in [0.3, 0.4) is 0 Å². The fourth-order valence-electron chi connectivity index (χ4n) is 2.09. The van der Waals surface area contributed by atoms with Gasteiger partial charge < -0.3 is 10.1 Å². The summed E-state index contributed by atoms with van der Waals surface area (Å²) in [5.41, 5.74) is 0.614. The van der Waals surface area contributed by atoms with Crippen molar-refractivity contribution < 1.29 is 17.9 Å². The third-order valence-electron chi connectivity index (χ3n) is 3.17. The molecule has 2 aromatic carbocycles. The Balaban J connectivity index is 2.38. The second kappa shape index (κ2) is 7.35. The van der Waals surface area contributed by atoms with E-state index in [-0.39, 0.29) is 16.5 Å². The first-order chi connectivity index (χ1) is 11.3. The maximum atomic E-state index is 12.5. The number of amides is 1. The lowest BCUT2D eigenvalue weighted by Crippen LogP contribution is -2.30. The molecule has 24 heavy (non-hydrogen) atoms. The summed E-state index contributed by atoms with van der Waals surface area (Å²) >= 11 is 0. The van der Waals surface area contributed by atoms with Gasteiger partial charge in [-0.1, -0.05) is 18.2 Å². The van der Waals surface area contributed by atoms with Crippen LogP contribution in [0.1, 0.15) is 24.2 Å². The van der Waals surface area contributed by atoms with E-state index in [1.54, 1.807) is 30.3 Å². The smallest absolute Gasteiger partial charge is 0.261 e. The van der Waals surface area contributed by atoms with Crippen molar-refractivity contribution in [2.75, 3.05) is 11.8 Å². The highest BCUT2D eigenvalue weighted by atomic mass is 32.2. The Morgan fingerprint density at radius 1 is 1.08 bits per heavy atom. The average Bonchev–Trinajstić information content (AvgIpc) is 2.54. The summed E-state index contributed by atoms with van der Waals surface area (Å²) in [4.78, 5) is 12.3. The van der Waals surface area contributed by atoms with E-state index in [4.69, 9.17) is 4.74 Å². The van der Waals surface area contributed by atoms with E-state index >= 15 is 0 Å². The number of benzene rings is 2. The Morgan fingerprint density at radius 2 is 1.75 bits per heavy atom. The Kier molecular flexibility index (Phi) is 5.46. The number of ether oxygens (including phenoxy) is 1. The number of hydrogen-bond acceptors (Lipinski definition) is 4. The summed E-state index contributed by atoms with van der Waals surface area (Å²) in [6.07, 6.45) is 0. The number of anilines is 1. The molecular formula is C17H20N2O4S. The van der Waals surface area contributed by atoms with E-state index in [1.807, 2.05) is 13.8 Å². The van der Waals surface area contributed by atoms with E-state index in [9.17, 15) is 13.2 Å². The lowest BCUT2D eigenvalue weighted by atomic mass is 10.2. The van der Waals surface area contributed by atoms with E-state index in [0.717, 1.165) is 0 Å². The van der Waals surface area contributed by atoms with Crippen LogP contribution in [0.25, 0.3) is 0 Å². The molecule has 0 aliphatic rings. The van der Waals surface area contributed by atoms with Crippen LogP contribution in [0.2, 0.25) is 0 Å². The fourth-order valence-corrected chi connectivity index (χ4v) is 3.18. The Morgan fingerprint density at radius 3 is 2.33 bits per heavy atom. The van der Waals surface area contributed by atoms with Gasteiger partial charge in [-0.05, 0) is 44.2 Å². The summed E-state index contributed by atoms with van der Waals surface area (Å²) < 4.78 is 32.7. The fraction of sp³-hybridized carbons (Fsp3) is 0.235.